The lowest BCUT2D eigenvalue weighted by atomic mass is 9.51. The molecule has 8 heteroatoms. The summed E-state index contributed by atoms with van der Waals surface area (Å²) in [4.78, 5) is 32.8. The molecule has 0 aromatic carbocycles. The Morgan fingerprint density at radius 1 is 1.34 bits per heavy atom. The van der Waals surface area contributed by atoms with Gasteiger partial charge in [-0.2, -0.15) is 5.26 Å². The summed E-state index contributed by atoms with van der Waals surface area (Å²) in [6.45, 7) is 0.856. The molecular formula is C21H24N6O2. The first kappa shape index (κ1) is 17.1. The molecule has 3 heterocycles. The first-order valence-corrected chi connectivity index (χ1v) is 10.6. The van der Waals surface area contributed by atoms with Crippen molar-refractivity contribution in [2.75, 3.05) is 11.9 Å². The van der Waals surface area contributed by atoms with Gasteiger partial charge in [-0.3, -0.25) is 9.36 Å². The van der Waals surface area contributed by atoms with Crippen LogP contribution >= 0.6 is 0 Å². The van der Waals surface area contributed by atoms with Crippen molar-refractivity contribution in [3.8, 4) is 6.07 Å². The number of hydrogen-bond acceptors (Lipinski definition) is 5. The van der Waals surface area contributed by atoms with E-state index in [1.54, 1.807) is 6.20 Å². The lowest BCUT2D eigenvalue weighted by Gasteiger charge is -2.60. The standard InChI is InChI=1S/C21H24N6O2/c22-3-1-16(28)26-21-7-11-5-12(8-21)17(13(6-11)9-21)27-18-14-2-4-23-19(14)24-10-15(18)25-20(27)29/h10-13,17H,1-2,4-9H2,(H,23,24)(H,25,29)(H,26,28). The monoisotopic (exact) mass is 392 g/mol. The number of anilines is 1. The van der Waals surface area contributed by atoms with Crippen molar-refractivity contribution in [3.63, 3.8) is 0 Å². The number of nitrogens with zero attached hydrogens (tertiary/aromatic N) is 3. The van der Waals surface area contributed by atoms with Gasteiger partial charge in [0.1, 0.15) is 12.2 Å². The molecule has 2 aromatic rings. The Hall–Kier alpha value is -2.82. The number of rotatable bonds is 3. The Morgan fingerprint density at radius 2 is 2.14 bits per heavy atom. The maximum Gasteiger partial charge on any atom is 0.326 e. The van der Waals surface area contributed by atoms with E-state index in [-0.39, 0.29) is 29.6 Å². The highest BCUT2D eigenvalue weighted by Crippen LogP contribution is 2.60. The summed E-state index contributed by atoms with van der Waals surface area (Å²) in [5, 5.41) is 15.4. The number of amides is 1. The average molecular weight is 392 g/mol. The van der Waals surface area contributed by atoms with Gasteiger partial charge in [0.25, 0.3) is 0 Å². The van der Waals surface area contributed by atoms with E-state index >= 15 is 0 Å². The molecule has 0 radical (unpaired) electrons. The molecule has 1 amide bonds. The van der Waals surface area contributed by atoms with E-state index in [0.717, 1.165) is 67.5 Å². The van der Waals surface area contributed by atoms with Gasteiger partial charge in [-0.1, -0.05) is 0 Å². The van der Waals surface area contributed by atoms with E-state index < -0.39 is 0 Å². The molecule has 150 valence electrons. The molecule has 0 spiro atoms. The highest BCUT2D eigenvalue weighted by atomic mass is 16.2. The quantitative estimate of drug-likeness (QED) is 0.737. The van der Waals surface area contributed by atoms with Crippen LogP contribution in [0.1, 0.15) is 50.1 Å². The van der Waals surface area contributed by atoms with Gasteiger partial charge in [-0.15, -0.1) is 0 Å². The number of carbonyl (C=O) groups is 1. The van der Waals surface area contributed by atoms with Crippen LogP contribution in [0.3, 0.4) is 0 Å². The molecule has 4 saturated carbocycles. The Kier molecular flexibility index (Phi) is 3.44. The molecule has 1 aliphatic heterocycles. The Bertz CT molecular complexity index is 1110. The van der Waals surface area contributed by atoms with Gasteiger partial charge in [0.15, 0.2) is 0 Å². The minimum absolute atomic E-state index is 0.0397. The van der Waals surface area contributed by atoms with Gasteiger partial charge >= 0.3 is 5.69 Å². The number of imidazole rings is 1. The Balaban J connectivity index is 1.41. The molecule has 2 unspecified atom stereocenters. The number of aromatic nitrogens is 3. The molecule has 3 N–H and O–H groups in total. The largest absolute Gasteiger partial charge is 0.369 e. The smallest absolute Gasteiger partial charge is 0.326 e. The van der Waals surface area contributed by atoms with Crippen molar-refractivity contribution in [1.29, 1.82) is 5.26 Å². The second-order valence-electron chi connectivity index (χ2n) is 9.45. The molecule has 4 fully saturated rings. The van der Waals surface area contributed by atoms with E-state index in [9.17, 15) is 9.59 Å². The van der Waals surface area contributed by atoms with Crippen LogP contribution in [0.15, 0.2) is 11.0 Å². The van der Waals surface area contributed by atoms with Crippen molar-refractivity contribution in [2.45, 2.75) is 56.5 Å². The van der Waals surface area contributed by atoms with Gasteiger partial charge in [0, 0.05) is 23.7 Å². The third-order valence-corrected chi connectivity index (χ3v) is 7.68. The molecule has 4 aliphatic carbocycles. The summed E-state index contributed by atoms with van der Waals surface area (Å²) >= 11 is 0. The fraction of sp³-hybridized carbons (Fsp3) is 0.619. The van der Waals surface area contributed by atoms with Crippen molar-refractivity contribution in [1.82, 2.24) is 19.9 Å². The van der Waals surface area contributed by atoms with Crippen LogP contribution in [0.25, 0.3) is 11.0 Å². The number of nitrogens with one attached hydrogen (secondary N) is 3. The number of carbonyl (C=O) groups excluding carboxylic acids is 1. The molecule has 8 nitrogen and oxygen atoms in total. The maximum absolute atomic E-state index is 13.1. The van der Waals surface area contributed by atoms with Gasteiger partial charge < -0.3 is 15.6 Å². The minimum atomic E-state index is -0.193. The molecule has 0 saturated heterocycles. The van der Waals surface area contributed by atoms with Crippen LogP contribution in [0.5, 0.6) is 0 Å². The molecule has 29 heavy (non-hydrogen) atoms. The Labute approximate surface area is 167 Å². The zero-order valence-electron chi connectivity index (χ0n) is 16.2. The first-order chi connectivity index (χ1) is 14.1. The predicted octanol–water partition coefficient (Wildman–Crippen LogP) is 1.84. The third kappa shape index (κ3) is 2.39. The van der Waals surface area contributed by atoms with Crippen LogP contribution in [0.2, 0.25) is 0 Å². The van der Waals surface area contributed by atoms with Crippen molar-refractivity contribution in [2.24, 2.45) is 17.8 Å². The van der Waals surface area contributed by atoms with Crippen LogP contribution in [0.4, 0.5) is 5.82 Å². The minimum Gasteiger partial charge on any atom is -0.369 e. The first-order valence-electron chi connectivity index (χ1n) is 10.6. The zero-order chi connectivity index (χ0) is 19.8. The number of pyridine rings is 1. The van der Waals surface area contributed by atoms with Crippen molar-refractivity contribution >= 4 is 22.8 Å². The maximum atomic E-state index is 13.1. The van der Waals surface area contributed by atoms with Crippen molar-refractivity contribution in [3.05, 3.63) is 22.2 Å². The molecule has 4 bridgehead atoms. The van der Waals surface area contributed by atoms with Crippen molar-refractivity contribution < 1.29 is 4.79 Å². The summed E-state index contributed by atoms with van der Waals surface area (Å²) in [6.07, 6.45) is 7.59. The number of H-pyrrole nitrogens is 1. The van der Waals surface area contributed by atoms with Crippen LogP contribution in [-0.4, -0.2) is 32.5 Å². The van der Waals surface area contributed by atoms with E-state index in [2.05, 4.69) is 20.6 Å². The molecule has 5 aliphatic rings. The number of hydrogen-bond donors (Lipinski definition) is 3. The second-order valence-corrected chi connectivity index (χ2v) is 9.45. The fourth-order valence-corrected chi connectivity index (χ4v) is 7.15. The highest BCUT2D eigenvalue weighted by molar-refractivity contribution is 5.84. The van der Waals surface area contributed by atoms with Gasteiger partial charge in [-0.25, -0.2) is 9.78 Å². The second kappa shape index (κ2) is 5.85. The van der Waals surface area contributed by atoms with E-state index in [4.69, 9.17) is 5.26 Å². The predicted molar refractivity (Wildman–Crippen MR) is 106 cm³/mol. The molecule has 7 rings (SSSR count). The van der Waals surface area contributed by atoms with E-state index in [1.807, 2.05) is 10.6 Å². The average Bonchev–Trinajstić information content (AvgIpc) is 3.24. The molecular weight excluding hydrogens is 368 g/mol. The van der Waals surface area contributed by atoms with Gasteiger partial charge in [0.05, 0.1) is 23.3 Å². The van der Waals surface area contributed by atoms with Gasteiger partial charge in [-0.05, 0) is 56.3 Å². The number of aromatic amines is 1. The summed E-state index contributed by atoms with van der Waals surface area (Å²) < 4.78 is 2.03. The number of nitriles is 1. The Morgan fingerprint density at radius 3 is 2.90 bits per heavy atom. The number of fused-ring (bicyclic) bond motifs is 3. The summed E-state index contributed by atoms with van der Waals surface area (Å²) in [5.74, 6) is 2.08. The highest BCUT2D eigenvalue weighted by Gasteiger charge is 2.57. The third-order valence-electron chi connectivity index (χ3n) is 7.68. The normalized spacial score (nSPS) is 34.0. The summed E-state index contributed by atoms with van der Waals surface area (Å²) in [5.41, 5.74) is 2.75. The molecule has 2 aromatic heterocycles. The lowest BCUT2D eigenvalue weighted by Crippen LogP contribution is -2.62. The van der Waals surface area contributed by atoms with Crippen LogP contribution in [0, 0.1) is 29.1 Å². The SMILES string of the molecule is N#CCC(=O)NC12CC3CC(C1)C(n1c(=O)[nH]c4cnc5c(c41)CCN5)C(C3)C2. The lowest BCUT2D eigenvalue weighted by molar-refractivity contribution is -0.127. The fourth-order valence-electron chi connectivity index (χ4n) is 7.15. The molecule has 2 atom stereocenters. The van der Waals surface area contributed by atoms with Crippen LogP contribution in [-0.2, 0) is 11.2 Å². The summed E-state index contributed by atoms with van der Waals surface area (Å²) in [6, 6.07) is 2.13. The topological polar surface area (TPSA) is 116 Å². The van der Waals surface area contributed by atoms with Crippen LogP contribution < -0.4 is 16.3 Å². The van der Waals surface area contributed by atoms with E-state index in [0.29, 0.717) is 17.8 Å². The van der Waals surface area contributed by atoms with Gasteiger partial charge in [0.2, 0.25) is 5.91 Å². The summed E-state index contributed by atoms with van der Waals surface area (Å²) in [7, 11) is 0. The zero-order valence-corrected chi connectivity index (χ0v) is 16.2. The van der Waals surface area contributed by atoms with E-state index in [1.165, 1.54) is 0 Å².